The van der Waals surface area contributed by atoms with Gasteiger partial charge in [0, 0.05) is 43.7 Å². The van der Waals surface area contributed by atoms with Gasteiger partial charge in [-0.05, 0) is 42.0 Å². The fourth-order valence-corrected chi connectivity index (χ4v) is 6.85. The van der Waals surface area contributed by atoms with Crippen molar-refractivity contribution in [3.63, 3.8) is 0 Å². The first-order valence-corrected chi connectivity index (χ1v) is 15.0. The highest BCUT2D eigenvalue weighted by Crippen LogP contribution is 2.54. The number of hydrogen-bond donors (Lipinski definition) is 2. The van der Waals surface area contributed by atoms with Crippen LogP contribution in [0.3, 0.4) is 0 Å². The van der Waals surface area contributed by atoms with Crippen LogP contribution in [-0.4, -0.2) is 73.4 Å². The molecule has 0 radical (unpaired) electrons. The van der Waals surface area contributed by atoms with E-state index in [0.29, 0.717) is 44.1 Å². The van der Waals surface area contributed by atoms with Crippen molar-refractivity contribution < 1.29 is 14.4 Å². The highest BCUT2D eigenvalue weighted by atomic mass is 16.2. The highest BCUT2D eigenvalue weighted by molar-refractivity contribution is 5.95. The fraction of sp³-hybridized carbons (Fsp3) is 0.424. The number of amides is 3. The Labute approximate surface area is 250 Å². The number of carbonyl (C=O) groups is 3. The maximum Gasteiger partial charge on any atom is 0.257 e. The molecule has 222 valence electrons. The summed E-state index contributed by atoms with van der Waals surface area (Å²) in [6, 6.07) is 16.0. The molecule has 43 heavy (non-hydrogen) atoms. The number of nitrogens with one attached hydrogen (secondary N) is 2. The summed E-state index contributed by atoms with van der Waals surface area (Å²) in [6.07, 6.45) is 4.26. The second-order valence-electron chi connectivity index (χ2n) is 13.4. The van der Waals surface area contributed by atoms with Gasteiger partial charge in [0.1, 0.15) is 5.82 Å². The van der Waals surface area contributed by atoms with Crippen LogP contribution in [0.4, 0.5) is 0 Å². The summed E-state index contributed by atoms with van der Waals surface area (Å²) in [6.45, 7) is 8.79. The summed E-state index contributed by atoms with van der Waals surface area (Å²) in [4.78, 5) is 52.1. The molecule has 1 spiro atoms. The zero-order valence-electron chi connectivity index (χ0n) is 24.8. The van der Waals surface area contributed by atoms with Crippen molar-refractivity contribution in [2.75, 3.05) is 26.2 Å². The first-order chi connectivity index (χ1) is 20.6. The van der Waals surface area contributed by atoms with E-state index in [1.165, 1.54) is 0 Å². The SMILES string of the molecule is Cc1ccc2nc(CNC(=O)C3CN(C(=O)c4cnn(Cc5ccccc5)c4)CC34CN(C(=O)[C@H]3CC3(C)C)C4)[nH]c2c1. The van der Waals surface area contributed by atoms with Gasteiger partial charge in [0.05, 0.1) is 41.8 Å². The monoisotopic (exact) mass is 579 g/mol. The van der Waals surface area contributed by atoms with Crippen molar-refractivity contribution in [3.05, 3.63) is 83.4 Å². The second-order valence-corrected chi connectivity index (χ2v) is 13.4. The molecule has 1 aliphatic carbocycles. The Balaban J connectivity index is 1.06. The summed E-state index contributed by atoms with van der Waals surface area (Å²) in [5.41, 5.74) is 4.08. The largest absolute Gasteiger partial charge is 0.349 e. The van der Waals surface area contributed by atoms with E-state index in [-0.39, 0.29) is 35.6 Å². The Bertz CT molecular complexity index is 1720. The number of carbonyl (C=O) groups excluding carboxylic acids is 3. The smallest absolute Gasteiger partial charge is 0.257 e. The van der Waals surface area contributed by atoms with Crippen molar-refractivity contribution in [3.8, 4) is 0 Å². The summed E-state index contributed by atoms with van der Waals surface area (Å²) < 4.78 is 1.76. The van der Waals surface area contributed by atoms with E-state index >= 15 is 0 Å². The van der Waals surface area contributed by atoms with Crippen molar-refractivity contribution >= 4 is 28.8 Å². The van der Waals surface area contributed by atoms with E-state index in [2.05, 4.69) is 34.2 Å². The molecule has 1 unspecified atom stereocenters. The number of fused-ring (bicyclic) bond motifs is 1. The van der Waals surface area contributed by atoms with Crippen LogP contribution in [0.1, 0.15) is 47.6 Å². The zero-order valence-corrected chi connectivity index (χ0v) is 24.8. The molecule has 4 heterocycles. The van der Waals surface area contributed by atoms with Crippen LogP contribution in [-0.2, 0) is 22.7 Å². The van der Waals surface area contributed by atoms with Gasteiger partial charge in [-0.15, -0.1) is 0 Å². The van der Waals surface area contributed by atoms with Crippen molar-refractivity contribution in [2.45, 2.75) is 40.3 Å². The fourth-order valence-electron chi connectivity index (χ4n) is 6.85. The summed E-state index contributed by atoms with van der Waals surface area (Å²) in [5.74, 6) is 0.197. The number of hydrogen-bond acceptors (Lipinski definition) is 5. The van der Waals surface area contributed by atoms with E-state index in [4.69, 9.17) is 0 Å². The van der Waals surface area contributed by atoms with E-state index in [1.807, 2.05) is 60.4 Å². The van der Waals surface area contributed by atoms with Crippen molar-refractivity contribution in [2.24, 2.45) is 22.7 Å². The molecule has 2 N–H and O–H groups in total. The van der Waals surface area contributed by atoms with Crippen molar-refractivity contribution in [1.29, 1.82) is 0 Å². The lowest BCUT2D eigenvalue weighted by Gasteiger charge is -2.50. The van der Waals surface area contributed by atoms with Crippen LogP contribution >= 0.6 is 0 Å². The average Bonchev–Trinajstić information content (AvgIpc) is 3.39. The van der Waals surface area contributed by atoms with Crippen molar-refractivity contribution in [1.82, 2.24) is 34.9 Å². The first-order valence-electron chi connectivity index (χ1n) is 15.0. The topological polar surface area (TPSA) is 116 Å². The molecular weight excluding hydrogens is 542 g/mol. The van der Waals surface area contributed by atoms with Gasteiger partial charge in [-0.1, -0.05) is 50.2 Å². The third kappa shape index (κ3) is 5.08. The predicted octanol–water partition coefficient (Wildman–Crippen LogP) is 3.38. The minimum atomic E-state index is -0.473. The molecule has 7 rings (SSSR count). The number of H-pyrrole nitrogens is 1. The molecule has 3 amide bonds. The Morgan fingerprint density at radius 1 is 1.02 bits per heavy atom. The number of rotatable bonds is 7. The Morgan fingerprint density at radius 2 is 1.77 bits per heavy atom. The second kappa shape index (κ2) is 10.1. The third-order valence-corrected chi connectivity index (χ3v) is 9.57. The van der Waals surface area contributed by atoms with E-state index in [0.717, 1.165) is 28.6 Å². The lowest BCUT2D eigenvalue weighted by molar-refractivity contribution is -0.151. The molecule has 1 saturated carbocycles. The van der Waals surface area contributed by atoms with Crippen LogP contribution in [0.25, 0.3) is 11.0 Å². The molecule has 2 aromatic heterocycles. The molecule has 2 aromatic carbocycles. The molecular formula is C33H37N7O3. The molecule has 10 nitrogen and oxygen atoms in total. The van der Waals surface area contributed by atoms with Gasteiger partial charge < -0.3 is 20.1 Å². The van der Waals surface area contributed by atoms with Crippen LogP contribution in [0, 0.1) is 29.6 Å². The Hall–Kier alpha value is -4.47. The number of aromatic nitrogens is 4. The van der Waals surface area contributed by atoms with E-state index in [9.17, 15) is 14.4 Å². The van der Waals surface area contributed by atoms with Gasteiger partial charge >= 0.3 is 0 Å². The number of benzene rings is 2. The predicted molar refractivity (Wildman–Crippen MR) is 161 cm³/mol. The lowest BCUT2D eigenvalue weighted by Crippen LogP contribution is -2.64. The summed E-state index contributed by atoms with van der Waals surface area (Å²) >= 11 is 0. The molecule has 2 atom stereocenters. The van der Waals surface area contributed by atoms with Crippen LogP contribution < -0.4 is 5.32 Å². The van der Waals surface area contributed by atoms with Gasteiger partial charge in [-0.25, -0.2) is 4.98 Å². The number of nitrogens with zero attached hydrogens (tertiary/aromatic N) is 5. The maximum atomic E-state index is 13.7. The number of aryl methyl sites for hydroxylation is 1. The highest BCUT2D eigenvalue weighted by Gasteiger charge is 2.61. The van der Waals surface area contributed by atoms with E-state index in [1.54, 1.807) is 22.0 Å². The standard InChI is InChI=1S/C33H37N7O3/c1-21-9-10-26-27(11-21)37-28(36-26)14-34-29(41)25-17-38(18-33(25)19-39(20-33)31(43)24-12-32(24,2)3)30(42)23-13-35-40(16-23)15-22-7-5-4-6-8-22/h4-11,13,16,24-25H,12,14-15,17-20H2,1-3H3,(H,34,41)(H,36,37)/t24-,25?/m1/s1. The van der Waals surface area contributed by atoms with Gasteiger partial charge in [0.25, 0.3) is 5.91 Å². The maximum absolute atomic E-state index is 13.7. The molecule has 4 aromatic rings. The minimum Gasteiger partial charge on any atom is -0.349 e. The molecule has 3 aliphatic rings. The lowest BCUT2D eigenvalue weighted by atomic mass is 9.71. The molecule has 3 fully saturated rings. The molecule has 2 aliphatic heterocycles. The Morgan fingerprint density at radius 3 is 2.51 bits per heavy atom. The van der Waals surface area contributed by atoms with Gasteiger partial charge in [-0.2, -0.15) is 5.10 Å². The van der Waals surface area contributed by atoms with Gasteiger partial charge in [-0.3, -0.25) is 19.1 Å². The van der Waals surface area contributed by atoms with Crippen LogP contribution in [0.15, 0.2) is 60.9 Å². The zero-order chi connectivity index (χ0) is 29.9. The number of aromatic amines is 1. The van der Waals surface area contributed by atoms with Gasteiger partial charge in [0.15, 0.2) is 0 Å². The van der Waals surface area contributed by atoms with Gasteiger partial charge in [0.2, 0.25) is 11.8 Å². The molecule has 2 saturated heterocycles. The molecule has 0 bridgehead atoms. The summed E-state index contributed by atoms with van der Waals surface area (Å²) in [7, 11) is 0. The number of imidazole rings is 1. The van der Waals surface area contributed by atoms with Crippen LogP contribution in [0.2, 0.25) is 0 Å². The summed E-state index contributed by atoms with van der Waals surface area (Å²) in [5, 5.41) is 7.49. The molecule has 10 heteroatoms. The van der Waals surface area contributed by atoms with E-state index < -0.39 is 11.3 Å². The minimum absolute atomic E-state index is 0.0410. The quantitative estimate of drug-likeness (QED) is 0.348. The normalized spacial score (nSPS) is 21.7. The third-order valence-electron chi connectivity index (χ3n) is 9.57. The Kier molecular flexibility index (Phi) is 6.41. The average molecular weight is 580 g/mol. The van der Waals surface area contributed by atoms with Crippen LogP contribution in [0.5, 0.6) is 0 Å². The first kappa shape index (κ1) is 27.4. The number of likely N-dealkylation sites (tertiary alicyclic amines) is 2.